The molecule has 186 valence electrons. The Morgan fingerprint density at radius 3 is 2.65 bits per heavy atom. The SMILES string of the molecule is CC(C(=O)NCC(F)F)c1ccc(O[C@@H]2CCN(c3ncnc(OCC(C)(C)O)c3F)C2)cc1. The van der Waals surface area contributed by atoms with Crippen molar-refractivity contribution in [3.63, 3.8) is 0 Å². The van der Waals surface area contributed by atoms with Crippen LogP contribution in [-0.4, -0.2) is 65.4 Å². The molecule has 1 aromatic heterocycles. The molecule has 2 atom stereocenters. The number of aliphatic hydroxyl groups is 1. The molecule has 1 fully saturated rings. The normalized spacial score (nSPS) is 17.1. The molecule has 2 heterocycles. The molecular formula is C23H29F3N4O4. The zero-order chi connectivity index (χ0) is 24.9. The van der Waals surface area contributed by atoms with E-state index < -0.39 is 36.2 Å². The topological polar surface area (TPSA) is 96.8 Å². The van der Waals surface area contributed by atoms with Crippen molar-refractivity contribution in [1.29, 1.82) is 0 Å². The molecule has 0 aliphatic carbocycles. The minimum absolute atomic E-state index is 0.103. The van der Waals surface area contributed by atoms with Crippen molar-refractivity contribution in [1.82, 2.24) is 15.3 Å². The Labute approximate surface area is 196 Å². The number of aromatic nitrogens is 2. The quantitative estimate of drug-likeness (QED) is 0.538. The maximum absolute atomic E-state index is 14.8. The van der Waals surface area contributed by atoms with Crippen molar-refractivity contribution in [2.24, 2.45) is 0 Å². The first kappa shape index (κ1) is 25.5. The van der Waals surface area contributed by atoms with Crippen LogP contribution in [0.25, 0.3) is 0 Å². The molecule has 1 amide bonds. The van der Waals surface area contributed by atoms with Gasteiger partial charge in [0.2, 0.25) is 11.7 Å². The highest BCUT2D eigenvalue weighted by Crippen LogP contribution is 2.28. The van der Waals surface area contributed by atoms with Gasteiger partial charge in [-0.15, -0.1) is 0 Å². The van der Waals surface area contributed by atoms with Gasteiger partial charge in [-0.2, -0.15) is 9.37 Å². The first-order chi connectivity index (χ1) is 16.0. The minimum Gasteiger partial charge on any atom is -0.489 e. The van der Waals surface area contributed by atoms with E-state index in [1.54, 1.807) is 49.9 Å². The molecule has 2 N–H and O–H groups in total. The van der Waals surface area contributed by atoms with Crippen molar-refractivity contribution in [3.8, 4) is 11.6 Å². The van der Waals surface area contributed by atoms with Crippen molar-refractivity contribution in [2.75, 3.05) is 31.1 Å². The third-order valence-corrected chi connectivity index (χ3v) is 5.25. The van der Waals surface area contributed by atoms with E-state index in [0.29, 0.717) is 30.8 Å². The van der Waals surface area contributed by atoms with Crippen molar-refractivity contribution in [3.05, 3.63) is 42.0 Å². The van der Waals surface area contributed by atoms with Crippen molar-refractivity contribution >= 4 is 11.7 Å². The second-order valence-electron chi connectivity index (χ2n) is 8.82. The van der Waals surface area contributed by atoms with Crippen molar-refractivity contribution in [2.45, 2.75) is 51.2 Å². The number of rotatable bonds is 10. The largest absolute Gasteiger partial charge is 0.489 e. The summed E-state index contributed by atoms with van der Waals surface area (Å²) in [6.07, 6.45) is -0.963. The van der Waals surface area contributed by atoms with Gasteiger partial charge < -0.3 is 24.8 Å². The summed E-state index contributed by atoms with van der Waals surface area (Å²) in [4.78, 5) is 21.6. The molecule has 11 heteroatoms. The summed E-state index contributed by atoms with van der Waals surface area (Å²) >= 11 is 0. The number of carbonyl (C=O) groups excluding carboxylic acids is 1. The number of alkyl halides is 2. The highest BCUT2D eigenvalue weighted by atomic mass is 19.3. The summed E-state index contributed by atoms with van der Waals surface area (Å²) in [5.41, 5.74) is -0.457. The summed E-state index contributed by atoms with van der Waals surface area (Å²) in [5, 5.41) is 12.0. The number of nitrogens with zero attached hydrogens (tertiary/aromatic N) is 3. The van der Waals surface area contributed by atoms with E-state index in [-0.39, 0.29) is 24.4 Å². The zero-order valence-corrected chi connectivity index (χ0v) is 19.3. The van der Waals surface area contributed by atoms with Gasteiger partial charge in [0, 0.05) is 13.0 Å². The van der Waals surface area contributed by atoms with E-state index in [1.165, 1.54) is 6.33 Å². The van der Waals surface area contributed by atoms with Gasteiger partial charge >= 0.3 is 0 Å². The molecule has 0 saturated carbocycles. The fraction of sp³-hybridized carbons (Fsp3) is 0.522. The molecule has 8 nitrogen and oxygen atoms in total. The number of hydrogen-bond donors (Lipinski definition) is 2. The van der Waals surface area contributed by atoms with Crippen LogP contribution in [0.3, 0.4) is 0 Å². The van der Waals surface area contributed by atoms with E-state index in [1.807, 2.05) is 0 Å². The van der Waals surface area contributed by atoms with Gasteiger partial charge in [-0.25, -0.2) is 13.8 Å². The Morgan fingerprint density at radius 2 is 2.00 bits per heavy atom. The summed E-state index contributed by atoms with van der Waals surface area (Å²) in [7, 11) is 0. The lowest BCUT2D eigenvalue weighted by atomic mass is 10.0. The Morgan fingerprint density at radius 1 is 1.29 bits per heavy atom. The number of nitrogens with one attached hydrogen (secondary N) is 1. The first-order valence-corrected chi connectivity index (χ1v) is 11.0. The number of benzene rings is 1. The van der Waals surface area contributed by atoms with Gasteiger partial charge in [0.05, 0.1) is 24.6 Å². The molecule has 1 aromatic carbocycles. The summed E-state index contributed by atoms with van der Waals surface area (Å²) in [5.74, 6) is -1.30. The second-order valence-corrected chi connectivity index (χ2v) is 8.82. The van der Waals surface area contributed by atoms with E-state index in [9.17, 15) is 23.1 Å². The fourth-order valence-electron chi connectivity index (χ4n) is 3.44. The first-order valence-electron chi connectivity index (χ1n) is 11.0. The molecular weight excluding hydrogens is 453 g/mol. The van der Waals surface area contributed by atoms with E-state index in [2.05, 4.69) is 15.3 Å². The van der Waals surface area contributed by atoms with Crippen LogP contribution in [-0.2, 0) is 4.79 Å². The van der Waals surface area contributed by atoms with Gasteiger partial charge in [0.25, 0.3) is 12.3 Å². The Hall–Kier alpha value is -3.08. The minimum atomic E-state index is -2.60. The summed E-state index contributed by atoms with van der Waals surface area (Å²) in [6.45, 7) is 4.85. The molecule has 0 spiro atoms. The average molecular weight is 483 g/mol. The lowest BCUT2D eigenvalue weighted by molar-refractivity contribution is -0.122. The lowest BCUT2D eigenvalue weighted by Crippen LogP contribution is -2.31. The van der Waals surface area contributed by atoms with Crippen LogP contribution in [0.15, 0.2) is 30.6 Å². The molecule has 1 aliphatic heterocycles. The van der Waals surface area contributed by atoms with Gasteiger partial charge in [-0.05, 0) is 38.5 Å². The van der Waals surface area contributed by atoms with E-state index >= 15 is 0 Å². The third kappa shape index (κ3) is 6.96. The van der Waals surface area contributed by atoms with Crippen LogP contribution in [0, 0.1) is 5.82 Å². The zero-order valence-electron chi connectivity index (χ0n) is 19.3. The van der Waals surface area contributed by atoms with Gasteiger partial charge in [-0.3, -0.25) is 4.79 Å². The fourth-order valence-corrected chi connectivity index (χ4v) is 3.44. The molecule has 3 rings (SSSR count). The Bertz CT molecular complexity index is 970. The molecule has 2 aromatic rings. The predicted molar refractivity (Wildman–Crippen MR) is 119 cm³/mol. The van der Waals surface area contributed by atoms with E-state index in [4.69, 9.17) is 9.47 Å². The Balaban J connectivity index is 1.57. The van der Waals surface area contributed by atoms with Crippen LogP contribution < -0.4 is 19.7 Å². The van der Waals surface area contributed by atoms with E-state index in [0.717, 1.165) is 0 Å². The van der Waals surface area contributed by atoms with Crippen LogP contribution in [0.5, 0.6) is 11.6 Å². The van der Waals surface area contributed by atoms with Crippen LogP contribution in [0.4, 0.5) is 19.0 Å². The highest BCUT2D eigenvalue weighted by molar-refractivity contribution is 5.83. The van der Waals surface area contributed by atoms with Crippen LogP contribution in [0.2, 0.25) is 0 Å². The number of halogens is 3. The smallest absolute Gasteiger partial charge is 0.255 e. The molecule has 0 radical (unpaired) electrons. The van der Waals surface area contributed by atoms with Gasteiger partial charge in [0.15, 0.2) is 5.82 Å². The number of ether oxygens (including phenoxy) is 2. The summed E-state index contributed by atoms with van der Waals surface area (Å²) < 4.78 is 50.7. The molecule has 1 unspecified atom stereocenters. The lowest BCUT2D eigenvalue weighted by Gasteiger charge is -2.21. The molecule has 0 bridgehead atoms. The van der Waals surface area contributed by atoms with Gasteiger partial charge in [-0.1, -0.05) is 12.1 Å². The third-order valence-electron chi connectivity index (χ3n) is 5.25. The maximum Gasteiger partial charge on any atom is 0.255 e. The van der Waals surface area contributed by atoms with Crippen LogP contribution >= 0.6 is 0 Å². The van der Waals surface area contributed by atoms with Crippen LogP contribution in [0.1, 0.15) is 38.7 Å². The number of carbonyl (C=O) groups is 1. The van der Waals surface area contributed by atoms with Gasteiger partial charge in [0.1, 0.15) is 24.8 Å². The number of amides is 1. The molecule has 1 aliphatic rings. The molecule has 34 heavy (non-hydrogen) atoms. The number of hydrogen-bond acceptors (Lipinski definition) is 7. The highest BCUT2D eigenvalue weighted by Gasteiger charge is 2.29. The Kier molecular flexibility index (Phi) is 8.19. The second kappa shape index (κ2) is 10.9. The maximum atomic E-state index is 14.8. The van der Waals surface area contributed by atoms with Crippen molar-refractivity contribution < 1.29 is 32.5 Å². The molecule has 1 saturated heterocycles. The number of anilines is 1. The monoisotopic (exact) mass is 482 g/mol. The standard InChI is InChI=1S/C23H29F3N4O4/c1-14(21(31)27-10-18(24)25)15-4-6-16(7-5-15)34-17-8-9-30(11-17)20-19(26)22(29-13-28-20)33-12-23(2,3)32/h4-7,13-14,17-18,32H,8-12H2,1-3H3,(H,27,31)/t14?,17-/m1/s1. The average Bonchev–Trinajstić information content (AvgIpc) is 3.24. The predicted octanol–water partition coefficient (Wildman–Crippen LogP) is 2.91. The summed E-state index contributed by atoms with van der Waals surface area (Å²) in [6, 6.07) is 6.85.